The second-order valence-electron chi connectivity index (χ2n) is 6.36. The number of rotatable bonds is 2. The van der Waals surface area contributed by atoms with Gasteiger partial charge in [-0.1, -0.05) is 0 Å². The van der Waals surface area contributed by atoms with Gasteiger partial charge in [-0.15, -0.1) is 0 Å². The first-order valence-electron chi connectivity index (χ1n) is 7.93. The van der Waals surface area contributed by atoms with E-state index in [-0.39, 0.29) is 34.7 Å². The molecule has 0 aromatic carbocycles. The van der Waals surface area contributed by atoms with Crippen LogP contribution in [0.15, 0.2) is 0 Å². The summed E-state index contributed by atoms with van der Waals surface area (Å²) in [6.45, 7) is 2.52. The summed E-state index contributed by atoms with van der Waals surface area (Å²) in [7, 11) is -1.69. The van der Waals surface area contributed by atoms with Crippen molar-refractivity contribution in [3.8, 4) is 0 Å². The molecule has 2 fully saturated rings. The zero-order valence-corrected chi connectivity index (χ0v) is 14.1. The molecule has 1 saturated carbocycles. The highest BCUT2D eigenvalue weighted by Gasteiger charge is 2.34. The number of carbonyl (C=O) groups is 2. The maximum Gasteiger partial charge on any atom is 0.308 e. The highest BCUT2D eigenvalue weighted by Crippen LogP contribution is 2.31. The Kier molecular flexibility index (Phi) is 5.47. The Morgan fingerprint density at radius 3 is 2.18 bits per heavy atom. The summed E-state index contributed by atoms with van der Waals surface area (Å²) in [5, 5.41) is -0.375. The van der Waals surface area contributed by atoms with E-state index in [1.807, 2.05) is 0 Å². The van der Waals surface area contributed by atoms with Gasteiger partial charge in [0.15, 0.2) is 9.84 Å². The summed E-state index contributed by atoms with van der Waals surface area (Å²) in [6.07, 6.45) is 3.21. The van der Waals surface area contributed by atoms with Crippen molar-refractivity contribution in [1.82, 2.24) is 4.90 Å². The van der Waals surface area contributed by atoms with Crippen LogP contribution in [0.1, 0.15) is 39.0 Å². The van der Waals surface area contributed by atoms with Gasteiger partial charge >= 0.3 is 5.97 Å². The van der Waals surface area contributed by atoms with Gasteiger partial charge in [0, 0.05) is 19.0 Å². The Labute approximate surface area is 132 Å². The highest BCUT2D eigenvalue weighted by atomic mass is 32.2. The third-order valence-corrected chi connectivity index (χ3v) is 7.20. The fourth-order valence-corrected chi connectivity index (χ4v) is 4.63. The number of amides is 1. The lowest BCUT2D eigenvalue weighted by molar-refractivity contribution is -0.148. The molecule has 0 bridgehead atoms. The molecule has 1 atom stereocenters. The lowest BCUT2D eigenvalue weighted by atomic mass is 9.81. The van der Waals surface area contributed by atoms with Gasteiger partial charge in [-0.25, -0.2) is 8.42 Å². The largest absolute Gasteiger partial charge is 0.469 e. The number of carbonyl (C=O) groups excluding carboxylic acids is 2. The van der Waals surface area contributed by atoms with Crippen molar-refractivity contribution in [3.63, 3.8) is 0 Å². The normalized spacial score (nSPS) is 32.1. The molecule has 7 heteroatoms. The lowest BCUT2D eigenvalue weighted by Gasteiger charge is -2.30. The molecule has 1 aliphatic heterocycles. The predicted molar refractivity (Wildman–Crippen MR) is 81.9 cm³/mol. The summed E-state index contributed by atoms with van der Waals surface area (Å²) >= 11 is 0. The van der Waals surface area contributed by atoms with Gasteiger partial charge in [-0.3, -0.25) is 9.59 Å². The summed E-state index contributed by atoms with van der Waals surface area (Å²) in [6, 6.07) is 0. The van der Waals surface area contributed by atoms with Crippen molar-refractivity contribution in [3.05, 3.63) is 0 Å². The summed E-state index contributed by atoms with van der Waals surface area (Å²) in [5.41, 5.74) is 0. The van der Waals surface area contributed by atoms with Crippen LogP contribution in [0, 0.1) is 11.8 Å². The average molecular weight is 331 g/mol. The molecule has 1 heterocycles. The summed E-state index contributed by atoms with van der Waals surface area (Å²) in [4.78, 5) is 25.8. The zero-order chi connectivity index (χ0) is 16.3. The van der Waals surface area contributed by atoms with Crippen molar-refractivity contribution in [1.29, 1.82) is 0 Å². The molecule has 1 aliphatic carbocycles. The van der Waals surface area contributed by atoms with E-state index >= 15 is 0 Å². The monoisotopic (exact) mass is 331 g/mol. The maximum atomic E-state index is 12.6. The fourth-order valence-electron chi connectivity index (χ4n) is 3.29. The van der Waals surface area contributed by atoms with Gasteiger partial charge in [0.25, 0.3) is 0 Å². The van der Waals surface area contributed by atoms with Crippen LogP contribution >= 0.6 is 0 Å². The first kappa shape index (κ1) is 17.2. The molecule has 1 unspecified atom stereocenters. The number of methoxy groups -OCH3 is 1. The first-order chi connectivity index (χ1) is 10.3. The molecule has 2 rings (SSSR count). The molecular weight excluding hydrogens is 306 g/mol. The molecule has 0 radical (unpaired) electrons. The van der Waals surface area contributed by atoms with Crippen LogP contribution in [0.25, 0.3) is 0 Å². The molecule has 1 amide bonds. The molecule has 0 N–H and O–H groups in total. The Hall–Kier alpha value is -1.11. The minimum Gasteiger partial charge on any atom is -0.469 e. The molecule has 2 aliphatic rings. The van der Waals surface area contributed by atoms with Crippen LogP contribution in [-0.2, 0) is 24.2 Å². The maximum absolute atomic E-state index is 12.6. The van der Waals surface area contributed by atoms with Crippen LogP contribution in [0.2, 0.25) is 0 Å². The number of hydrogen-bond donors (Lipinski definition) is 0. The van der Waals surface area contributed by atoms with E-state index in [1.165, 1.54) is 7.11 Å². The first-order valence-corrected chi connectivity index (χ1v) is 9.65. The number of sulfone groups is 1. The number of esters is 1. The standard InChI is InChI=1S/C15H25NO5S/c1-11-7-8-16(9-10-22(11,19)20)14(17)12-3-5-13(6-4-12)15(18)21-2/h11-13H,3-10H2,1-2H3. The highest BCUT2D eigenvalue weighted by molar-refractivity contribution is 7.92. The van der Waals surface area contributed by atoms with E-state index in [4.69, 9.17) is 4.74 Å². The van der Waals surface area contributed by atoms with E-state index in [0.717, 1.165) is 0 Å². The minimum atomic E-state index is -3.07. The molecule has 1 saturated heterocycles. The Balaban J connectivity index is 1.92. The van der Waals surface area contributed by atoms with Crippen molar-refractivity contribution < 1.29 is 22.7 Å². The third kappa shape index (κ3) is 3.80. The van der Waals surface area contributed by atoms with Crippen LogP contribution < -0.4 is 0 Å². The third-order valence-electron chi connectivity index (χ3n) is 4.99. The van der Waals surface area contributed by atoms with Gasteiger partial charge in [0.1, 0.15) is 0 Å². The molecule has 0 aromatic rings. The van der Waals surface area contributed by atoms with Gasteiger partial charge < -0.3 is 9.64 Å². The molecular formula is C15H25NO5S. The van der Waals surface area contributed by atoms with Gasteiger partial charge in [-0.05, 0) is 39.0 Å². The summed E-state index contributed by atoms with van der Waals surface area (Å²) in [5.74, 6) is -0.277. The van der Waals surface area contributed by atoms with E-state index in [9.17, 15) is 18.0 Å². The quantitative estimate of drug-likeness (QED) is 0.705. The van der Waals surface area contributed by atoms with Gasteiger partial charge in [0.05, 0.1) is 24.0 Å². The van der Waals surface area contributed by atoms with Crippen molar-refractivity contribution in [2.75, 3.05) is 26.0 Å². The number of nitrogens with zero attached hydrogens (tertiary/aromatic N) is 1. The Bertz CT molecular complexity index is 522. The molecule has 6 nitrogen and oxygen atoms in total. The van der Waals surface area contributed by atoms with E-state index in [1.54, 1.807) is 11.8 Å². The minimum absolute atomic E-state index is 0.0487. The van der Waals surface area contributed by atoms with E-state index in [2.05, 4.69) is 0 Å². The number of hydrogen-bond acceptors (Lipinski definition) is 5. The zero-order valence-electron chi connectivity index (χ0n) is 13.3. The Morgan fingerprint density at radius 1 is 1.00 bits per heavy atom. The smallest absolute Gasteiger partial charge is 0.308 e. The van der Waals surface area contributed by atoms with Crippen LogP contribution in [0.4, 0.5) is 0 Å². The predicted octanol–water partition coefficient (Wildman–Crippen LogP) is 1.00. The van der Waals surface area contributed by atoms with Crippen molar-refractivity contribution >= 4 is 21.7 Å². The molecule has 0 spiro atoms. The molecule has 126 valence electrons. The van der Waals surface area contributed by atoms with Crippen LogP contribution in [0.5, 0.6) is 0 Å². The Morgan fingerprint density at radius 2 is 1.59 bits per heavy atom. The summed E-state index contributed by atoms with van der Waals surface area (Å²) < 4.78 is 28.6. The van der Waals surface area contributed by atoms with Crippen LogP contribution in [0.3, 0.4) is 0 Å². The van der Waals surface area contributed by atoms with E-state index in [0.29, 0.717) is 45.2 Å². The topological polar surface area (TPSA) is 80.8 Å². The lowest BCUT2D eigenvalue weighted by Crippen LogP contribution is -2.40. The van der Waals surface area contributed by atoms with Gasteiger partial charge in [0.2, 0.25) is 5.91 Å². The van der Waals surface area contributed by atoms with Crippen molar-refractivity contribution in [2.45, 2.75) is 44.3 Å². The van der Waals surface area contributed by atoms with E-state index < -0.39 is 9.84 Å². The average Bonchev–Trinajstić information content (AvgIpc) is 2.65. The fraction of sp³-hybridized carbons (Fsp3) is 0.867. The van der Waals surface area contributed by atoms with Gasteiger partial charge in [-0.2, -0.15) is 0 Å². The molecule has 22 heavy (non-hydrogen) atoms. The second-order valence-corrected chi connectivity index (χ2v) is 8.90. The number of ether oxygens (including phenoxy) is 1. The van der Waals surface area contributed by atoms with Crippen LogP contribution in [-0.4, -0.2) is 56.4 Å². The SMILES string of the molecule is COC(=O)C1CCC(C(=O)N2CCC(C)S(=O)(=O)CC2)CC1. The van der Waals surface area contributed by atoms with Crippen molar-refractivity contribution in [2.24, 2.45) is 11.8 Å². The second kappa shape index (κ2) is 6.98. The molecule has 0 aromatic heterocycles.